The number of aliphatic imine (C=N–C) groups is 1. The van der Waals surface area contributed by atoms with Crippen LogP contribution in [0.2, 0.25) is 10.0 Å². The van der Waals surface area contributed by atoms with Crippen LogP contribution in [-0.2, 0) is 0 Å². The number of allylic oxidation sites excluding steroid dienone is 1. The Kier molecular flexibility index (Phi) is 5.61. The summed E-state index contributed by atoms with van der Waals surface area (Å²) in [4.78, 5) is 19.3. The number of fused-ring (bicyclic) bond motifs is 1. The van der Waals surface area contributed by atoms with Crippen LogP contribution < -0.4 is 0 Å². The Morgan fingerprint density at radius 1 is 1.03 bits per heavy atom. The Morgan fingerprint density at radius 3 is 2.70 bits per heavy atom. The number of nitro groups is 1. The van der Waals surface area contributed by atoms with Crippen molar-refractivity contribution in [2.45, 2.75) is 0 Å². The highest BCUT2D eigenvalue weighted by atomic mass is 35.5. The minimum atomic E-state index is -0.426. The molecule has 0 saturated carbocycles. The van der Waals surface area contributed by atoms with Crippen molar-refractivity contribution in [3.63, 3.8) is 0 Å². The Balaban J connectivity index is 1.53. The van der Waals surface area contributed by atoms with Crippen LogP contribution in [0.3, 0.4) is 0 Å². The first-order valence-corrected chi connectivity index (χ1v) is 9.56. The molecule has 0 amide bonds. The lowest BCUT2D eigenvalue weighted by Gasteiger charge is -1.97. The molecule has 3 aromatic carbocycles. The number of aromatic nitrogens is 1. The molecular formula is C22H13Cl2N3O3. The molecule has 30 heavy (non-hydrogen) atoms. The molecule has 0 bridgehead atoms. The van der Waals surface area contributed by atoms with Crippen molar-refractivity contribution in [1.82, 2.24) is 4.98 Å². The van der Waals surface area contributed by atoms with Gasteiger partial charge in [0, 0.05) is 23.9 Å². The second-order valence-corrected chi connectivity index (χ2v) is 7.10. The Hall–Kier alpha value is -3.48. The van der Waals surface area contributed by atoms with E-state index >= 15 is 0 Å². The number of hydrogen-bond acceptors (Lipinski definition) is 5. The van der Waals surface area contributed by atoms with E-state index in [1.807, 2.05) is 6.07 Å². The van der Waals surface area contributed by atoms with Crippen LogP contribution in [0.1, 0.15) is 5.56 Å². The summed E-state index contributed by atoms with van der Waals surface area (Å²) in [6.07, 6.45) is 5.07. The van der Waals surface area contributed by atoms with E-state index in [2.05, 4.69) is 9.98 Å². The summed E-state index contributed by atoms with van der Waals surface area (Å²) in [5.41, 5.74) is 3.47. The Morgan fingerprint density at radius 2 is 1.90 bits per heavy atom. The van der Waals surface area contributed by atoms with Crippen LogP contribution in [0.5, 0.6) is 0 Å². The topological polar surface area (TPSA) is 81.5 Å². The fourth-order valence-corrected chi connectivity index (χ4v) is 3.07. The minimum Gasteiger partial charge on any atom is -0.436 e. The third kappa shape index (κ3) is 4.40. The minimum absolute atomic E-state index is 0.0448. The lowest BCUT2D eigenvalue weighted by Crippen LogP contribution is -1.87. The van der Waals surface area contributed by atoms with E-state index in [4.69, 9.17) is 27.6 Å². The van der Waals surface area contributed by atoms with Gasteiger partial charge in [0.15, 0.2) is 5.58 Å². The normalized spacial score (nSPS) is 11.7. The summed E-state index contributed by atoms with van der Waals surface area (Å²) < 4.78 is 5.78. The van der Waals surface area contributed by atoms with E-state index in [9.17, 15) is 10.1 Å². The first-order chi connectivity index (χ1) is 14.5. The van der Waals surface area contributed by atoms with E-state index in [-0.39, 0.29) is 5.69 Å². The van der Waals surface area contributed by atoms with Crippen LogP contribution in [0.15, 0.2) is 76.1 Å². The molecule has 0 saturated heterocycles. The molecule has 4 aromatic rings. The van der Waals surface area contributed by atoms with Crippen LogP contribution in [-0.4, -0.2) is 16.1 Å². The van der Waals surface area contributed by atoms with Gasteiger partial charge < -0.3 is 4.42 Å². The van der Waals surface area contributed by atoms with Crippen molar-refractivity contribution in [2.24, 2.45) is 4.99 Å². The molecule has 0 aliphatic rings. The number of nitro benzene ring substituents is 1. The Bertz CT molecular complexity index is 1310. The molecule has 4 rings (SSSR count). The monoisotopic (exact) mass is 437 g/mol. The summed E-state index contributed by atoms with van der Waals surface area (Å²) in [7, 11) is 0. The SMILES string of the molecule is O=[N+]([O-])c1cccc(/C=C/C=Nc2ccc3oc(-c4ccc(Cl)c(Cl)c4)nc3c2)c1. The highest BCUT2D eigenvalue weighted by Gasteiger charge is 2.10. The number of non-ortho nitro benzene ring substituents is 1. The van der Waals surface area contributed by atoms with Gasteiger partial charge in [0.25, 0.3) is 5.69 Å². The lowest BCUT2D eigenvalue weighted by molar-refractivity contribution is -0.384. The van der Waals surface area contributed by atoms with E-state index in [0.29, 0.717) is 38.3 Å². The highest BCUT2D eigenvalue weighted by molar-refractivity contribution is 6.42. The molecule has 0 unspecified atom stereocenters. The maximum Gasteiger partial charge on any atom is 0.270 e. The molecule has 0 aliphatic heterocycles. The summed E-state index contributed by atoms with van der Waals surface area (Å²) in [6.45, 7) is 0. The van der Waals surface area contributed by atoms with Gasteiger partial charge in [-0.1, -0.05) is 41.4 Å². The average Bonchev–Trinajstić information content (AvgIpc) is 3.17. The molecule has 0 atom stereocenters. The molecule has 0 N–H and O–H groups in total. The predicted octanol–water partition coefficient (Wildman–Crippen LogP) is 7.13. The van der Waals surface area contributed by atoms with Gasteiger partial charge in [0.1, 0.15) is 5.52 Å². The maximum absolute atomic E-state index is 10.8. The van der Waals surface area contributed by atoms with Crippen LogP contribution in [0.4, 0.5) is 11.4 Å². The zero-order valence-corrected chi connectivity index (χ0v) is 16.8. The number of hydrogen-bond donors (Lipinski definition) is 0. The van der Waals surface area contributed by atoms with Crippen LogP contribution in [0.25, 0.3) is 28.6 Å². The molecule has 148 valence electrons. The van der Waals surface area contributed by atoms with Gasteiger partial charge in [-0.3, -0.25) is 15.1 Å². The number of nitrogens with zero attached hydrogens (tertiary/aromatic N) is 3. The van der Waals surface area contributed by atoms with Gasteiger partial charge in [-0.05, 0) is 48.0 Å². The second-order valence-electron chi connectivity index (χ2n) is 6.29. The molecule has 6 nitrogen and oxygen atoms in total. The smallest absolute Gasteiger partial charge is 0.270 e. The first-order valence-electron chi connectivity index (χ1n) is 8.81. The molecule has 1 heterocycles. The van der Waals surface area contributed by atoms with Crippen molar-refractivity contribution in [3.8, 4) is 11.5 Å². The van der Waals surface area contributed by atoms with E-state index < -0.39 is 4.92 Å². The van der Waals surface area contributed by atoms with Crippen molar-refractivity contribution >= 4 is 58.0 Å². The molecule has 0 fully saturated rings. The quantitative estimate of drug-likeness (QED) is 0.189. The fourth-order valence-electron chi connectivity index (χ4n) is 2.77. The van der Waals surface area contributed by atoms with Crippen molar-refractivity contribution in [1.29, 1.82) is 0 Å². The summed E-state index contributed by atoms with van der Waals surface area (Å²) in [5.74, 6) is 0.440. The fraction of sp³-hybridized carbons (Fsp3) is 0. The highest BCUT2D eigenvalue weighted by Crippen LogP contribution is 2.31. The lowest BCUT2D eigenvalue weighted by atomic mass is 10.2. The summed E-state index contributed by atoms with van der Waals surface area (Å²) in [5, 5.41) is 11.7. The average molecular weight is 438 g/mol. The molecule has 0 spiro atoms. The van der Waals surface area contributed by atoms with E-state index in [1.54, 1.807) is 60.8 Å². The first kappa shape index (κ1) is 19.8. The van der Waals surface area contributed by atoms with E-state index in [1.165, 1.54) is 12.1 Å². The zero-order chi connectivity index (χ0) is 21.1. The number of oxazole rings is 1. The van der Waals surface area contributed by atoms with Gasteiger partial charge in [0.05, 0.1) is 20.7 Å². The molecule has 0 radical (unpaired) electrons. The molecular weight excluding hydrogens is 425 g/mol. The largest absolute Gasteiger partial charge is 0.436 e. The zero-order valence-electron chi connectivity index (χ0n) is 15.3. The van der Waals surface area contributed by atoms with Crippen LogP contribution >= 0.6 is 23.2 Å². The number of rotatable bonds is 5. The van der Waals surface area contributed by atoms with Gasteiger partial charge in [-0.15, -0.1) is 0 Å². The van der Waals surface area contributed by atoms with Crippen molar-refractivity contribution < 1.29 is 9.34 Å². The maximum atomic E-state index is 10.8. The van der Waals surface area contributed by atoms with Crippen LogP contribution in [0, 0.1) is 10.1 Å². The summed E-state index contributed by atoms with van der Waals surface area (Å²) >= 11 is 12.0. The van der Waals surface area contributed by atoms with Crippen molar-refractivity contribution in [2.75, 3.05) is 0 Å². The van der Waals surface area contributed by atoms with E-state index in [0.717, 1.165) is 5.56 Å². The van der Waals surface area contributed by atoms with Crippen molar-refractivity contribution in [3.05, 3.63) is 92.5 Å². The van der Waals surface area contributed by atoms with Gasteiger partial charge in [0.2, 0.25) is 5.89 Å². The second kappa shape index (κ2) is 8.49. The van der Waals surface area contributed by atoms with Gasteiger partial charge in [-0.2, -0.15) is 0 Å². The molecule has 8 heteroatoms. The Labute approximate surface area is 181 Å². The predicted molar refractivity (Wildman–Crippen MR) is 120 cm³/mol. The van der Waals surface area contributed by atoms with Gasteiger partial charge >= 0.3 is 0 Å². The third-order valence-corrected chi connectivity index (χ3v) is 4.96. The molecule has 0 aliphatic carbocycles. The van der Waals surface area contributed by atoms with Gasteiger partial charge in [-0.25, -0.2) is 4.98 Å². The standard InChI is InChI=1S/C22H13Cl2N3O3/c23-18-8-6-15(12-19(18)24)22-26-20-13-16(7-9-21(20)30-22)25-10-2-4-14-3-1-5-17(11-14)27(28)29/h1-13H/b4-2+,25-10?. The number of halogens is 2. The third-order valence-electron chi connectivity index (χ3n) is 4.22. The summed E-state index contributed by atoms with van der Waals surface area (Å²) in [6, 6.07) is 17.0. The number of benzene rings is 3. The molecule has 1 aromatic heterocycles.